The SMILES string of the molecule is N#CCn1c(=O)n(CCc2ccccc2)c(=O)c2sccc21. The first-order valence-electron chi connectivity index (χ1n) is 6.84. The van der Waals surface area contributed by atoms with E-state index in [1.807, 2.05) is 36.4 Å². The minimum absolute atomic E-state index is 0.0579. The summed E-state index contributed by atoms with van der Waals surface area (Å²) in [6, 6.07) is 13.4. The molecule has 0 N–H and O–H groups in total. The van der Waals surface area contributed by atoms with Crippen LogP contribution in [0.1, 0.15) is 5.56 Å². The summed E-state index contributed by atoms with van der Waals surface area (Å²) in [4.78, 5) is 25.0. The van der Waals surface area contributed by atoms with Crippen LogP contribution in [0.3, 0.4) is 0 Å². The van der Waals surface area contributed by atoms with Crippen molar-refractivity contribution in [3.05, 3.63) is 68.2 Å². The summed E-state index contributed by atoms with van der Waals surface area (Å²) < 4.78 is 3.10. The largest absolute Gasteiger partial charge is 0.332 e. The van der Waals surface area contributed by atoms with E-state index < -0.39 is 5.69 Å². The van der Waals surface area contributed by atoms with Crippen LogP contribution in [-0.2, 0) is 19.5 Å². The number of fused-ring (bicyclic) bond motifs is 1. The molecule has 3 aromatic rings. The molecule has 0 amide bonds. The molecule has 2 aromatic heterocycles. The summed E-state index contributed by atoms with van der Waals surface area (Å²) in [6.07, 6.45) is 0.597. The Morgan fingerprint density at radius 3 is 2.59 bits per heavy atom. The van der Waals surface area contributed by atoms with E-state index >= 15 is 0 Å². The Bertz CT molecular complexity index is 961. The molecule has 5 nitrogen and oxygen atoms in total. The van der Waals surface area contributed by atoms with Crippen LogP contribution >= 0.6 is 11.3 Å². The van der Waals surface area contributed by atoms with Gasteiger partial charge in [0, 0.05) is 6.54 Å². The van der Waals surface area contributed by atoms with Gasteiger partial charge in [-0.1, -0.05) is 30.3 Å². The number of nitrogens with zero attached hydrogens (tertiary/aromatic N) is 3. The van der Waals surface area contributed by atoms with Gasteiger partial charge in [0.15, 0.2) is 0 Å². The summed E-state index contributed by atoms with van der Waals surface area (Å²) in [5.41, 5.74) is 0.901. The van der Waals surface area contributed by atoms with Crippen molar-refractivity contribution in [2.45, 2.75) is 19.5 Å². The molecule has 110 valence electrons. The van der Waals surface area contributed by atoms with Crippen LogP contribution in [0.5, 0.6) is 0 Å². The number of rotatable bonds is 4. The zero-order valence-electron chi connectivity index (χ0n) is 11.7. The molecular weight excluding hydrogens is 298 g/mol. The molecule has 0 aliphatic carbocycles. The maximum Gasteiger partial charge on any atom is 0.332 e. The lowest BCUT2D eigenvalue weighted by Crippen LogP contribution is -2.40. The van der Waals surface area contributed by atoms with E-state index in [2.05, 4.69) is 0 Å². The average Bonchev–Trinajstić information content (AvgIpc) is 3.02. The Kier molecular flexibility index (Phi) is 3.90. The third kappa shape index (κ3) is 2.47. The van der Waals surface area contributed by atoms with Crippen LogP contribution in [0.4, 0.5) is 0 Å². The van der Waals surface area contributed by atoms with Gasteiger partial charge < -0.3 is 0 Å². The van der Waals surface area contributed by atoms with E-state index in [-0.39, 0.29) is 12.1 Å². The summed E-state index contributed by atoms with van der Waals surface area (Å²) >= 11 is 1.30. The zero-order chi connectivity index (χ0) is 15.5. The molecular formula is C16H13N3O2S. The van der Waals surface area contributed by atoms with Crippen molar-refractivity contribution in [3.63, 3.8) is 0 Å². The Morgan fingerprint density at radius 2 is 1.86 bits per heavy atom. The van der Waals surface area contributed by atoms with Crippen LogP contribution in [0, 0.1) is 11.3 Å². The number of benzene rings is 1. The fourth-order valence-electron chi connectivity index (χ4n) is 2.44. The highest BCUT2D eigenvalue weighted by Gasteiger charge is 2.13. The summed E-state index contributed by atoms with van der Waals surface area (Å²) in [5, 5.41) is 10.7. The second kappa shape index (κ2) is 6.00. The number of aromatic nitrogens is 2. The van der Waals surface area contributed by atoms with Gasteiger partial charge in [-0.3, -0.25) is 13.9 Å². The molecule has 0 bridgehead atoms. The van der Waals surface area contributed by atoms with Gasteiger partial charge in [0.05, 0.1) is 11.6 Å². The molecule has 22 heavy (non-hydrogen) atoms. The second-order valence-electron chi connectivity index (χ2n) is 4.85. The first-order valence-corrected chi connectivity index (χ1v) is 7.72. The lowest BCUT2D eigenvalue weighted by Gasteiger charge is -2.09. The van der Waals surface area contributed by atoms with E-state index in [0.717, 1.165) is 5.56 Å². The molecule has 0 unspecified atom stereocenters. The van der Waals surface area contributed by atoms with Gasteiger partial charge in [-0.15, -0.1) is 11.3 Å². The highest BCUT2D eigenvalue weighted by atomic mass is 32.1. The van der Waals surface area contributed by atoms with E-state index in [4.69, 9.17) is 5.26 Å². The van der Waals surface area contributed by atoms with Crippen LogP contribution < -0.4 is 11.2 Å². The van der Waals surface area contributed by atoms with E-state index in [1.54, 1.807) is 11.4 Å². The van der Waals surface area contributed by atoms with E-state index in [9.17, 15) is 9.59 Å². The highest BCUT2D eigenvalue weighted by molar-refractivity contribution is 7.17. The fraction of sp³-hybridized carbons (Fsp3) is 0.188. The highest BCUT2D eigenvalue weighted by Crippen LogP contribution is 2.15. The van der Waals surface area contributed by atoms with Crippen molar-refractivity contribution in [1.29, 1.82) is 5.26 Å². The molecule has 0 aliphatic heterocycles. The first kappa shape index (κ1) is 14.3. The van der Waals surface area contributed by atoms with Crippen LogP contribution in [0.15, 0.2) is 51.4 Å². The van der Waals surface area contributed by atoms with Crippen molar-refractivity contribution in [2.24, 2.45) is 0 Å². The zero-order valence-corrected chi connectivity index (χ0v) is 12.5. The molecule has 1 aromatic carbocycles. The number of thiophene rings is 1. The van der Waals surface area contributed by atoms with Gasteiger partial charge in [-0.25, -0.2) is 4.79 Å². The maximum atomic E-state index is 12.5. The number of aryl methyl sites for hydroxylation is 1. The monoisotopic (exact) mass is 311 g/mol. The van der Waals surface area contributed by atoms with Crippen molar-refractivity contribution in [2.75, 3.05) is 0 Å². The fourth-order valence-corrected chi connectivity index (χ4v) is 3.28. The van der Waals surface area contributed by atoms with E-state index in [1.165, 1.54) is 20.5 Å². The molecule has 0 radical (unpaired) electrons. The minimum atomic E-state index is -0.423. The van der Waals surface area contributed by atoms with Crippen molar-refractivity contribution in [3.8, 4) is 6.07 Å². The Morgan fingerprint density at radius 1 is 1.09 bits per heavy atom. The first-order chi connectivity index (χ1) is 10.7. The number of nitriles is 1. The molecule has 3 rings (SSSR count). The number of hydrogen-bond donors (Lipinski definition) is 0. The molecule has 0 saturated carbocycles. The summed E-state index contributed by atoms with van der Waals surface area (Å²) in [6.45, 7) is 0.249. The molecule has 0 saturated heterocycles. The number of hydrogen-bond acceptors (Lipinski definition) is 4. The van der Waals surface area contributed by atoms with Gasteiger partial charge >= 0.3 is 5.69 Å². The predicted molar refractivity (Wildman–Crippen MR) is 86.1 cm³/mol. The molecule has 0 spiro atoms. The van der Waals surface area contributed by atoms with Gasteiger partial charge in [-0.05, 0) is 23.4 Å². The normalized spacial score (nSPS) is 10.7. The third-order valence-electron chi connectivity index (χ3n) is 3.53. The Balaban J connectivity index is 2.07. The Labute approximate surface area is 130 Å². The molecule has 2 heterocycles. The van der Waals surface area contributed by atoms with Gasteiger partial charge in [0.1, 0.15) is 11.2 Å². The van der Waals surface area contributed by atoms with Crippen LogP contribution in [0.25, 0.3) is 10.2 Å². The predicted octanol–water partition coefficient (Wildman–Crippen LogP) is 1.99. The van der Waals surface area contributed by atoms with Crippen molar-refractivity contribution >= 4 is 21.6 Å². The standard InChI is InChI=1S/C16H13N3O2S/c17-8-10-18-13-7-11-22-14(13)15(20)19(16(18)21)9-6-12-4-2-1-3-5-12/h1-5,7,11H,6,9-10H2. The smallest absolute Gasteiger partial charge is 0.278 e. The summed E-state index contributed by atoms with van der Waals surface area (Å²) in [5.74, 6) is 0. The average molecular weight is 311 g/mol. The van der Waals surface area contributed by atoms with Crippen LogP contribution in [-0.4, -0.2) is 9.13 Å². The molecule has 0 fully saturated rings. The van der Waals surface area contributed by atoms with Crippen LogP contribution in [0.2, 0.25) is 0 Å². The van der Waals surface area contributed by atoms with Gasteiger partial charge in [0.2, 0.25) is 0 Å². The van der Waals surface area contributed by atoms with Gasteiger partial charge in [-0.2, -0.15) is 5.26 Å². The lowest BCUT2D eigenvalue weighted by molar-refractivity contribution is 0.596. The Hall–Kier alpha value is -2.65. The van der Waals surface area contributed by atoms with Crippen molar-refractivity contribution in [1.82, 2.24) is 9.13 Å². The lowest BCUT2D eigenvalue weighted by atomic mass is 10.1. The van der Waals surface area contributed by atoms with Gasteiger partial charge in [0.25, 0.3) is 5.56 Å². The topological polar surface area (TPSA) is 67.8 Å². The third-order valence-corrected chi connectivity index (χ3v) is 4.42. The van der Waals surface area contributed by atoms with Crippen molar-refractivity contribution < 1.29 is 0 Å². The molecule has 0 atom stereocenters. The van der Waals surface area contributed by atoms with E-state index in [0.29, 0.717) is 23.2 Å². The summed E-state index contributed by atoms with van der Waals surface area (Å²) in [7, 11) is 0. The minimum Gasteiger partial charge on any atom is -0.278 e. The second-order valence-corrected chi connectivity index (χ2v) is 5.77. The maximum absolute atomic E-state index is 12.5. The molecule has 6 heteroatoms. The quantitative estimate of drug-likeness (QED) is 0.740. The molecule has 0 aliphatic rings.